The van der Waals surface area contributed by atoms with E-state index in [-0.39, 0.29) is 0 Å². The van der Waals surface area contributed by atoms with Gasteiger partial charge in [-0.05, 0) is 42.3 Å². The van der Waals surface area contributed by atoms with E-state index < -0.39 is 0 Å². The van der Waals surface area contributed by atoms with Crippen LogP contribution in [0.4, 0.5) is 0 Å². The van der Waals surface area contributed by atoms with Crippen LogP contribution in [0.1, 0.15) is 5.56 Å². The summed E-state index contributed by atoms with van der Waals surface area (Å²) in [5, 5.41) is 4.36. The highest BCUT2D eigenvalue weighted by molar-refractivity contribution is 5.81. The van der Waals surface area contributed by atoms with E-state index in [9.17, 15) is 0 Å². The van der Waals surface area contributed by atoms with Crippen molar-refractivity contribution in [3.8, 4) is 11.1 Å². The Morgan fingerprint density at radius 1 is 1.11 bits per heavy atom. The monoisotopic (exact) mass is 238 g/mol. The third-order valence-electron chi connectivity index (χ3n) is 3.03. The van der Waals surface area contributed by atoms with Gasteiger partial charge in [0.15, 0.2) is 0 Å². The van der Waals surface area contributed by atoms with Crippen molar-refractivity contribution < 1.29 is 0 Å². The summed E-state index contributed by atoms with van der Waals surface area (Å²) in [6, 6.07) is 8.07. The van der Waals surface area contributed by atoms with Crippen molar-refractivity contribution in [1.82, 2.24) is 14.6 Å². The van der Waals surface area contributed by atoms with Crippen LogP contribution in [0.2, 0.25) is 0 Å². The smallest absolute Gasteiger partial charge is 0.0740 e. The molecular weight excluding hydrogens is 224 g/mol. The maximum absolute atomic E-state index is 5.65. The Morgan fingerprint density at radius 2 is 2.06 bits per heavy atom. The highest BCUT2D eigenvalue weighted by atomic mass is 15.2. The highest BCUT2D eigenvalue weighted by Crippen LogP contribution is 2.27. The van der Waals surface area contributed by atoms with E-state index in [2.05, 4.69) is 16.1 Å². The average molecular weight is 238 g/mol. The quantitative estimate of drug-likeness (QED) is 0.758. The molecule has 2 N–H and O–H groups in total. The molecule has 0 unspecified atom stereocenters. The molecule has 0 aliphatic carbocycles. The second kappa shape index (κ2) is 4.58. The minimum atomic E-state index is 0.623. The Morgan fingerprint density at radius 3 is 2.94 bits per heavy atom. The molecule has 90 valence electrons. The zero-order chi connectivity index (χ0) is 12.4. The molecule has 0 spiro atoms. The summed E-state index contributed by atoms with van der Waals surface area (Å²) in [6.07, 6.45) is 8.36. The Balaban J connectivity index is 2.20. The molecule has 0 atom stereocenters. The highest BCUT2D eigenvalue weighted by Gasteiger charge is 2.09. The van der Waals surface area contributed by atoms with Crippen LogP contribution >= 0.6 is 0 Å². The first-order valence-electron chi connectivity index (χ1n) is 5.96. The van der Waals surface area contributed by atoms with Crippen LogP contribution in [-0.4, -0.2) is 21.1 Å². The Kier molecular flexibility index (Phi) is 2.78. The molecule has 0 saturated carbocycles. The van der Waals surface area contributed by atoms with E-state index in [4.69, 9.17) is 5.73 Å². The van der Waals surface area contributed by atoms with Crippen molar-refractivity contribution in [2.24, 2.45) is 5.73 Å². The Labute approximate surface area is 105 Å². The Hall–Kier alpha value is -2.20. The van der Waals surface area contributed by atoms with E-state index in [0.29, 0.717) is 6.54 Å². The number of fused-ring (bicyclic) bond motifs is 1. The number of nitrogens with zero attached hydrogens (tertiary/aromatic N) is 3. The van der Waals surface area contributed by atoms with Crippen LogP contribution in [0.5, 0.6) is 0 Å². The molecule has 4 heteroatoms. The summed E-state index contributed by atoms with van der Waals surface area (Å²) in [6.45, 7) is 0.623. The van der Waals surface area contributed by atoms with Crippen molar-refractivity contribution >= 4 is 5.52 Å². The van der Waals surface area contributed by atoms with E-state index >= 15 is 0 Å². The molecule has 0 amide bonds. The van der Waals surface area contributed by atoms with Gasteiger partial charge < -0.3 is 5.73 Å². The number of nitrogens with two attached hydrogens (primary N) is 1. The molecule has 0 aliphatic heterocycles. The molecule has 0 fully saturated rings. The summed E-state index contributed by atoms with van der Waals surface area (Å²) in [5.74, 6) is 0. The van der Waals surface area contributed by atoms with E-state index in [1.807, 2.05) is 47.5 Å². The maximum atomic E-state index is 5.65. The van der Waals surface area contributed by atoms with Crippen LogP contribution in [0.3, 0.4) is 0 Å². The number of pyridine rings is 2. The summed E-state index contributed by atoms with van der Waals surface area (Å²) in [4.78, 5) is 4.17. The SMILES string of the molecule is NCCc1cnccc1-c1cnn2ccccc12. The van der Waals surface area contributed by atoms with Gasteiger partial charge in [-0.15, -0.1) is 0 Å². The fraction of sp³-hybridized carbons (Fsp3) is 0.143. The fourth-order valence-electron chi connectivity index (χ4n) is 2.19. The lowest BCUT2D eigenvalue weighted by molar-refractivity contribution is 0.960. The van der Waals surface area contributed by atoms with Gasteiger partial charge in [0.2, 0.25) is 0 Å². The molecular formula is C14H14N4. The maximum Gasteiger partial charge on any atom is 0.0740 e. The van der Waals surface area contributed by atoms with Gasteiger partial charge >= 0.3 is 0 Å². The fourth-order valence-corrected chi connectivity index (χ4v) is 2.19. The minimum Gasteiger partial charge on any atom is -0.330 e. The van der Waals surface area contributed by atoms with Crippen LogP contribution in [0.15, 0.2) is 49.1 Å². The Bertz CT molecular complexity index is 672. The summed E-state index contributed by atoms with van der Waals surface area (Å²) in [7, 11) is 0. The van der Waals surface area contributed by atoms with E-state index in [1.54, 1.807) is 0 Å². The molecule has 3 heterocycles. The second-order valence-electron chi connectivity index (χ2n) is 4.16. The third kappa shape index (κ3) is 1.76. The van der Waals surface area contributed by atoms with Crippen molar-refractivity contribution in [3.05, 3.63) is 54.6 Å². The second-order valence-corrected chi connectivity index (χ2v) is 4.16. The number of aromatic nitrogens is 3. The predicted molar refractivity (Wildman–Crippen MR) is 71.2 cm³/mol. The van der Waals surface area contributed by atoms with Gasteiger partial charge in [-0.3, -0.25) is 4.98 Å². The largest absolute Gasteiger partial charge is 0.330 e. The van der Waals surface area contributed by atoms with Gasteiger partial charge in [0.05, 0.1) is 11.7 Å². The molecule has 0 radical (unpaired) electrons. The summed E-state index contributed by atoms with van der Waals surface area (Å²) in [5.41, 5.74) is 10.2. The van der Waals surface area contributed by atoms with Gasteiger partial charge in [-0.1, -0.05) is 6.07 Å². The molecule has 0 aromatic carbocycles. The molecule has 18 heavy (non-hydrogen) atoms. The number of hydrogen-bond donors (Lipinski definition) is 1. The predicted octanol–water partition coefficient (Wildman–Crippen LogP) is 1.90. The van der Waals surface area contributed by atoms with Crippen molar-refractivity contribution in [3.63, 3.8) is 0 Å². The minimum absolute atomic E-state index is 0.623. The van der Waals surface area contributed by atoms with Gasteiger partial charge in [0.25, 0.3) is 0 Å². The first-order valence-corrected chi connectivity index (χ1v) is 5.96. The van der Waals surface area contributed by atoms with Gasteiger partial charge in [-0.2, -0.15) is 5.10 Å². The topological polar surface area (TPSA) is 56.2 Å². The molecule has 3 rings (SSSR count). The number of hydrogen-bond acceptors (Lipinski definition) is 3. The van der Waals surface area contributed by atoms with Crippen LogP contribution < -0.4 is 5.73 Å². The molecule has 3 aromatic heterocycles. The van der Waals surface area contributed by atoms with Crippen LogP contribution in [0.25, 0.3) is 16.6 Å². The zero-order valence-corrected chi connectivity index (χ0v) is 9.95. The standard InChI is InChI=1S/C14H14N4/c15-6-4-11-9-16-7-5-12(11)13-10-17-18-8-2-1-3-14(13)18/h1-3,5,7-10H,4,6,15H2. The van der Waals surface area contributed by atoms with Gasteiger partial charge in [0.1, 0.15) is 0 Å². The van der Waals surface area contributed by atoms with Crippen molar-refractivity contribution in [1.29, 1.82) is 0 Å². The normalized spacial score (nSPS) is 10.9. The van der Waals surface area contributed by atoms with Crippen LogP contribution in [0, 0.1) is 0 Å². The van der Waals surface area contributed by atoms with Gasteiger partial charge in [-0.25, -0.2) is 4.52 Å². The third-order valence-corrected chi connectivity index (χ3v) is 3.03. The van der Waals surface area contributed by atoms with E-state index in [1.165, 1.54) is 5.56 Å². The average Bonchev–Trinajstić information content (AvgIpc) is 2.84. The lowest BCUT2D eigenvalue weighted by Gasteiger charge is -2.06. The van der Waals surface area contributed by atoms with E-state index in [0.717, 1.165) is 23.1 Å². The number of rotatable bonds is 3. The van der Waals surface area contributed by atoms with Gasteiger partial charge in [0, 0.05) is 24.2 Å². The first-order chi connectivity index (χ1) is 8.90. The van der Waals surface area contributed by atoms with Crippen molar-refractivity contribution in [2.45, 2.75) is 6.42 Å². The van der Waals surface area contributed by atoms with Crippen LogP contribution in [-0.2, 0) is 6.42 Å². The molecule has 3 aromatic rings. The first kappa shape index (κ1) is 10.9. The molecule has 0 aliphatic rings. The summed E-state index contributed by atoms with van der Waals surface area (Å²) < 4.78 is 1.88. The van der Waals surface area contributed by atoms with Crippen molar-refractivity contribution in [2.75, 3.05) is 6.54 Å². The molecule has 0 saturated heterocycles. The molecule has 0 bridgehead atoms. The lowest BCUT2D eigenvalue weighted by atomic mass is 10.0. The zero-order valence-electron chi connectivity index (χ0n) is 9.95. The lowest BCUT2D eigenvalue weighted by Crippen LogP contribution is -2.04. The molecule has 4 nitrogen and oxygen atoms in total. The summed E-state index contributed by atoms with van der Waals surface area (Å²) >= 11 is 0.